The van der Waals surface area contributed by atoms with Crippen LogP contribution in [0.25, 0.3) is 0 Å². The zero-order valence-electron chi connectivity index (χ0n) is 19.6. The molecule has 0 fully saturated rings. The lowest BCUT2D eigenvalue weighted by Crippen LogP contribution is -2.44. The molecular formula is C24H50O4. The molecule has 0 aliphatic rings. The van der Waals surface area contributed by atoms with Gasteiger partial charge in [0.2, 0.25) is 0 Å². The normalized spacial score (nSPS) is 11.8. The largest absolute Gasteiger partial charge is 0.481 e. The summed E-state index contributed by atoms with van der Waals surface area (Å²) < 4.78 is 0. The van der Waals surface area contributed by atoms with Crippen LogP contribution in [0, 0.1) is 0 Å². The van der Waals surface area contributed by atoms with Gasteiger partial charge >= 0.3 is 5.97 Å². The van der Waals surface area contributed by atoms with Crippen molar-refractivity contribution >= 4 is 5.97 Å². The fraction of sp³-hybridized carbons (Fsp3) is 0.958. The topological polar surface area (TPSA) is 77.8 Å². The van der Waals surface area contributed by atoms with Gasteiger partial charge in [-0.15, -0.1) is 0 Å². The Bertz CT molecular complexity index is 327. The van der Waals surface area contributed by atoms with Gasteiger partial charge in [-0.05, 0) is 34.1 Å². The van der Waals surface area contributed by atoms with Gasteiger partial charge in [0.25, 0.3) is 0 Å². The molecule has 0 aliphatic heterocycles. The predicted octanol–water partition coefficient (Wildman–Crippen LogP) is 6.86. The highest BCUT2D eigenvalue weighted by Crippen LogP contribution is 2.19. The van der Waals surface area contributed by atoms with E-state index in [1.54, 1.807) is 27.7 Å². The van der Waals surface area contributed by atoms with Gasteiger partial charge in [-0.3, -0.25) is 4.79 Å². The minimum atomic E-state index is -1.01. The molecule has 0 saturated carbocycles. The number of carbonyl (C=O) groups is 1. The lowest BCUT2D eigenvalue weighted by molar-refractivity contribution is -0.137. The molecule has 0 aromatic heterocycles. The highest BCUT2D eigenvalue weighted by Gasteiger charge is 2.31. The van der Waals surface area contributed by atoms with Crippen molar-refractivity contribution in [3.05, 3.63) is 0 Å². The first-order valence-electron chi connectivity index (χ1n) is 11.7. The van der Waals surface area contributed by atoms with Crippen LogP contribution in [0.2, 0.25) is 0 Å². The number of carboxylic acids is 1. The molecule has 0 rings (SSSR count). The maximum absolute atomic E-state index is 10.3. The molecule has 4 heteroatoms. The average molecular weight is 403 g/mol. The fourth-order valence-corrected chi connectivity index (χ4v) is 2.65. The van der Waals surface area contributed by atoms with Crippen molar-refractivity contribution in [1.82, 2.24) is 0 Å². The maximum Gasteiger partial charge on any atom is 0.303 e. The maximum atomic E-state index is 10.3. The summed E-state index contributed by atoms with van der Waals surface area (Å²) >= 11 is 0. The van der Waals surface area contributed by atoms with Crippen LogP contribution in [0.15, 0.2) is 0 Å². The molecular weight excluding hydrogens is 352 g/mol. The van der Waals surface area contributed by atoms with Gasteiger partial charge in [0.05, 0.1) is 11.2 Å². The van der Waals surface area contributed by atoms with Crippen molar-refractivity contribution in [1.29, 1.82) is 0 Å². The van der Waals surface area contributed by atoms with E-state index < -0.39 is 17.2 Å². The lowest BCUT2D eigenvalue weighted by atomic mass is 9.90. The highest BCUT2D eigenvalue weighted by atomic mass is 16.4. The molecule has 170 valence electrons. The molecule has 0 bridgehead atoms. The highest BCUT2D eigenvalue weighted by molar-refractivity contribution is 5.66. The van der Waals surface area contributed by atoms with Crippen LogP contribution in [-0.2, 0) is 4.79 Å². The quantitative estimate of drug-likeness (QED) is 0.232. The second-order valence-electron chi connectivity index (χ2n) is 9.21. The second kappa shape index (κ2) is 18.4. The first-order valence-corrected chi connectivity index (χ1v) is 11.7. The van der Waals surface area contributed by atoms with Gasteiger partial charge in [-0.25, -0.2) is 0 Å². The Balaban J connectivity index is 0. The number of aliphatic hydroxyl groups is 2. The smallest absolute Gasteiger partial charge is 0.303 e. The van der Waals surface area contributed by atoms with Crippen LogP contribution in [0.3, 0.4) is 0 Å². The molecule has 0 aliphatic carbocycles. The first kappa shape index (κ1) is 29.6. The summed E-state index contributed by atoms with van der Waals surface area (Å²) in [4.78, 5) is 10.3. The summed E-state index contributed by atoms with van der Waals surface area (Å²) in [7, 11) is 0. The zero-order valence-corrected chi connectivity index (χ0v) is 19.6. The molecule has 0 atom stereocenters. The predicted molar refractivity (Wildman–Crippen MR) is 120 cm³/mol. The molecule has 0 aromatic rings. The molecule has 0 heterocycles. The van der Waals surface area contributed by atoms with E-state index in [4.69, 9.17) is 15.3 Å². The summed E-state index contributed by atoms with van der Waals surface area (Å²) in [6.07, 6.45) is 20.2. The van der Waals surface area contributed by atoms with Crippen LogP contribution in [-0.4, -0.2) is 32.5 Å². The van der Waals surface area contributed by atoms with Crippen molar-refractivity contribution in [3.63, 3.8) is 0 Å². The third kappa shape index (κ3) is 23.4. The van der Waals surface area contributed by atoms with Crippen LogP contribution in [0.5, 0.6) is 0 Å². The van der Waals surface area contributed by atoms with Crippen molar-refractivity contribution in [3.8, 4) is 0 Å². The zero-order chi connectivity index (χ0) is 21.9. The van der Waals surface area contributed by atoms with Crippen LogP contribution in [0.1, 0.15) is 137 Å². The standard InChI is InChI=1S/C18H36O2.C6H14O2/c1-2-3-4-5-6-7-8-9-10-11-12-13-14-15-16-17-18(19)20;1-5(2,7)6(3,4)8/h2-17H2,1H3,(H,19,20);7-8H,1-4H3. The summed E-state index contributed by atoms with van der Waals surface area (Å²) in [6.45, 7) is 8.58. The number of carboxylic acid groups (broad SMARTS) is 1. The van der Waals surface area contributed by atoms with E-state index in [9.17, 15) is 4.79 Å². The van der Waals surface area contributed by atoms with Crippen molar-refractivity contribution in [2.24, 2.45) is 0 Å². The number of rotatable bonds is 17. The molecule has 4 nitrogen and oxygen atoms in total. The molecule has 28 heavy (non-hydrogen) atoms. The molecule has 0 amide bonds. The van der Waals surface area contributed by atoms with E-state index in [0.717, 1.165) is 12.8 Å². The number of hydrogen-bond acceptors (Lipinski definition) is 3. The fourth-order valence-electron chi connectivity index (χ4n) is 2.65. The van der Waals surface area contributed by atoms with Crippen LogP contribution in [0.4, 0.5) is 0 Å². The van der Waals surface area contributed by atoms with Gasteiger partial charge < -0.3 is 15.3 Å². The third-order valence-corrected chi connectivity index (χ3v) is 5.49. The van der Waals surface area contributed by atoms with E-state index in [2.05, 4.69) is 6.92 Å². The average Bonchev–Trinajstić information content (AvgIpc) is 2.57. The van der Waals surface area contributed by atoms with Crippen LogP contribution < -0.4 is 0 Å². The molecule has 0 spiro atoms. The van der Waals surface area contributed by atoms with Gasteiger partial charge in [0.1, 0.15) is 0 Å². The van der Waals surface area contributed by atoms with Crippen molar-refractivity contribution < 1.29 is 20.1 Å². The first-order chi connectivity index (χ1) is 13.0. The summed E-state index contributed by atoms with van der Waals surface area (Å²) in [5.74, 6) is -0.653. The van der Waals surface area contributed by atoms with E-state index in [0.29, 0.717) is 6.42 Å². The lowest BCUT2D eigenvalue weighted by Gasteiger charge is -2.31. The van der Waals surface area contributed by atoms with Crippen LogP contribution >= 0.6 is 0 Å². The van der Waals surface area contributed by atoms with E-state index >= 15 is 0 Å². The third-order valence-electron chi connectivity index (χ3n) is 5.49. The molecule has 0 unspecified atom stereocenters. The monoisotopic (exact) mass is 402 g/mol. The Kier molecular flexibility index (Phi) is 19.5. The minimum absolute atomic E-state index is 0.345. The van der Waals surface area contributed by atoms with E-state index in [-0.39, 0.29) is 0 Å². The number of hydrogen-bond donors (Lipinski definition) is 3. The van der Waals surface area contributed by atoms with Gasteiger partial charge in [-0.2, -0.15) is 0 Å². The van der Waals surface area contributed by atoms with Crippen molar-refractivity contribution in [2.45, 2.75) is 149 Å². The second-order valence-corrected chi connectivity index (χ2v) is 9.21. The molecule has 3 N–H and O–H groups in total. The van der Waals surface area contributed by atoms with Gasteiger partial charge in [0, 0.05) is 6.42 Å². The Labute approximate surface area is 175 Å². The Hall–Kier alpha value is -0.610. The van der Waals surface area contributed by atoms with Gasteiger partial charge in [-0.1, -0.05) is 96.8 Å². The van der Waals surface area contributed by atoms with Crippen molar-refractivity contribution in [2.75, 3.05) is 0 Å². The number of aliphatic carboxylic acids is 1. The van der Waals surface area contributed by atoms with E-state index in [1.165, 1.54) is 83.5 Å². The minimum Gasteiger partial charge on any atom is -0.481 e. The Morgan fingerprint density at radius 2 is 0.821 bits per heavy atom. The molecule has 0 radical (unpaired) electrons. The number of unbranched alkanes of at least 4 members (excludes halogenated alkanes) is 14. The Morgan fingerprint density at radius 1 is 0.571 bits per heavy atom. The SMILES string of the molecule is CC(C)(O)C(C)(C)O.CCCCCCCCCCCCCCCCCC(=O)O. The van der Waals surface area contributed by atoms with E-state index in [1.807, 2.05) is 0 Å². The van der Waals surface area contributed by atoms with Gasteiger partial charge in [0.15, 0.2) is 0 Å². The summed E-state index contributed by atoms with van der Waals surface area (Å²) in [5, 5.41) is 26.7. The molecule has 0 aromatic carbocycles. The summed E-state index contributed by atoms with van der Waals surface area (Å²) in [6, 6.07) is 0. The Morgan fingerprint density at radius 3 is 1.04 bits per heavy atom. The summed E-state index contributed by atoms with van der Waals surface area (Å²) in [5.41, 5.74) is -2.01. The molecule has 0 saturated heterocycles.